The number of hydrogen-bond acceptors (Lipinski definition) is 3. The van der Waals surface area contributed by atoms with E-state index >= 15 is 0 Å². The Kier molecular flexibility index (Phi) is 3.44. The minimum atomic E-state index is 0.0485. The summed E-state index contributed by atoms with van der Waals surface area (Å²) >= 11 is 1.79. The molecular weight excluding hydrogens is 206 g/mol. The summed E-state index contributed by atoms with van der Waals surface area (Å²) < 4.78 is 6.26. The maximum absolute atomic E-state index is 6.26. The number of hydrogen-bond donors (Lipinski definition) is 1. The topological polar surface area (TPSA) is 21.3 Å². The molecule has 84 valence electrons. The van der Waals surface area contributed by atoms with Crippen LogP contribution in [-0.2, 0) is 4.74 Å². The zero-order valence-electron chi connectivity index (χ0n) is 9.45. The van der Waals surface area contributed by atoms with Gasteiger partial charge in [-0.1, -0.05) is 19.9 Å². The highest BCUT2D eigenvalue weighted by Crippen LogP contribution is 2.33. The fourth-order valence-corrected chi connectivity index (χ4v) is 2.87. The summed E-state index contributed by atoms with van der Waals surface area (Å²) in [5.41, 5.74) is 0.0485. The van der Waals surface area contributed by atoms with Gasteiger partial charge in [0.2, 0.25) is 0 Å². The van der Waals surface area contributed by atoms with Crippen molar-refractivity contribution in [2.75, 3.05) is 13.1 Å². The van der Waals surface area contributed by atoms with Crippen molar-refractivity contribution in [1.82, 2.24) is 5.32 Å². The second-order valence-electron chi connectivity index (χ2n) is 4.14. The van der Waals surface area contributed by atoms with Gasteiger partial charge in [-0.15, -0.1) is 11.3 Å². The van der Waals surface area contributed by atoms with Crippen LogP contribution in [0.4, 0.5) is 0 Å². The van der Waals surface area contributed by atoms with E-state index in [1.807, 2.05) is 0 Å². The third-order valence-corrected chi connectivity index (χ3v) is 4.28. The standard InChI is InChI=1S/C12H19NOS/c1-3-12(4-2)9-13-8-10(14-12)11-6-5-7-15-11/h5-7,10,13H,3-4,8-9H2,1-2H3. The molecule has 1 saturated heterocycles. The molecule has 1 fully saturated rings. The minimum Gasteiger partial charge on any atom is -0.364 e. The lowest BCUT2D eigenvalue weighted by atomic mass is 9.95. The molecule has 2 rings (SSSR count). The van der Waals surface area contributed by atoms with Gasteiger partial charge in [0.25, 0.3) is 0 Å². The molecule has 0 bridgehead atoms. The average molecular weight is 225 g/mol. The summed E-state index contributed by atoms with van der Waals surface area (Å²) in [5.74, 6) is 0. The molecular formula is C12H19NOS. The van der Waals surface area contributed by atoms with Crippen LogP contribution < -0.4 is 5.32 Å². The highest BCUT2D eigenvalue weighted by Gasteiger charge is 2.34. The highest BCUT2D eigenvalue weighted by atomic mass is 32.1. The van der Waals surface area contributed by atoms with E-state index < -0.39 is 0 Å². The Balaban J connectivity index is 2.10. The molecule has 1 atom stereocenters. The van der Waals surface area contributed by atoms with E-state index in [0.717, 1.165) is 25.9 Å². The van der Waals surface area contributed by atoms with Gasteiger partial charge >= 0.3 is 0 Å². The Bertz CT molecular complexity index is 293. The zero-order chi connectivity index (χ0) is 10.7. The molecule has 2 heterocycles. The third-order valence-electron chi connectivity index (χ3n) is 3.32. The van der Waals surface area contributed by atoms with Crippen LogP contribution in [0.25, 0.3) is 0 Å². The van der Waals surface area contributed by atoms with Crippen molar-refractivity contribution in [2.24, 2.45) is 0 Å². The SMILES string of the molecule is CCC1(CC)CNCC(c2cccs2)O1. The van der Waals surface area contributed by atoms with Crippen LogP contribution in [0, 0.1) is 0 Å². The van der Waals surface area contributed by atoms with E-state index in [4.69, 9.17) is 4.74 Å². The van der Waals surface area contributed by atoms with Crippen LogP contribution in [-0.4, -0.2) is 18.7 Å². The average Bonchev–Trinajstić information content (AvgIpc) is 2.82. The van der Waals surface area contributed by atoms with Gasteiger partial charge in [-0.25, -0.2) is 0 Å². The molecule has 1 aromatic heterocycles. The van der Waals surface area contributed by atoms with Gasteiger partial charge in [-0.05, 0) is 24.3 Å². The maximum atomic E-state index is 6.26. The Hall–Kier alpha value is -0.380. The van der Waals surface area contributed by atoms with Crippen molar-refractivity contribution in [3.8, 4) is 0 Å². The number of nitrogens with one attached hydrogen (secondary N) is 1. The first-order valence-corrected chi connectivity index (χ1v) is 6.59. The quantitative estimate of drug-likeness (QED) is 0.854. The summed E-state index contributed by atoms with van der Waals surface area (Å²) in [6.07, 6.45) is 2.41. The van der Waals surface area contributed by atoms with E-state index in [2.05, 4.69) is 36.7 Å². The first kappa shape index (κ1) is 11.1. The fourth-order valence-electron chi connectivity index (χ4n) is 2.12. The van der Waals surface area contributed by atoms with Gasteiger partial charge in [-0.3, -0.25) is 0 Å². The van der Waals surface area contributed by atoms with Gasteiger partial charge in [0.15, 0.2) is 0 Å². The molecule has 1 aliphatic heterocycles. The van der Waals surface area contributed by atoms with E-state index in [-0.39, 0.29) is 11.7 Å². The van der Waals surface area contributed by atoms with Crippen LogP contribution in [0.2, 0.25) is 0 Å². The molecule has 0 saturated carbocycles. The smallest absolute Gasteiger partial charge is 0.105 e. The van der Waals surface area contributed by atoms with E-state index in [0.29, 0.717) is 0 Å². The van der Waals surface area contributed by atoms with Gasteiger partial charge in [0, 0.05) is 18.0 Å². The minimum absolute atomic E-state index is 0.0485. The first-order valence-electron chi connectivity index (χ1n) is 5.71. The van der Waals surface area contributed by atoms with Gasteiger partial charge in [-0.2, -0.15) is 0 Å². The Morgan fingerprint density at radius 3 is 2.93 bits per heavy atom. The predicted octanol–water partition coefficient (Wildman–Crippen LogP) is 2.97. The van der Waals surface area contributed by atoms with Gasteiger partial charge in [0.1, 0.15) is 6.10 Å². The normalized spacial score (nSPS) is 25.3. The molecule has 0 radical (unpaired) electrons. The molecule has 1 unspecified atom stereocenters. The lowest BCUT2D eigenvalue weighted by Gasteiger charge is -2.40. The second kappa shape index (κ2) is 4.64. The van der Waals surface area contributed by atoms with Crippen LogP contribution in [0.15, 0.2) is 17.5 Å². The molecule has 1 N–H and O–H groups in total. The summed E-state index contributed by atoms with van der Waals surface area (Å²) in [6, 6.07) is 4.26. The third kappa shape index (κ3) is 2.25. The summed E-state index contributed by atoms with van der Waals surface area (Å²) in [5, 5.41) is 5.62. The molecule has 0 amide bonds. The number of rotatable bonds is 3. The largest absolute Gasteiger partial charge is 0.364 e. The molecule has 0 aromatic carbocycles. The number of morpholine rings is 1. The second-order valence-corrected chi connectivity index (χ2v) is 5.12. The lowest BCUT2D eigenvalue weighted by molar-refractivity contribution is -0.121. The zero-order valence-corrected chi connectivity index (χ0v) is 10.3. The number of ether oxygens (including phenoxy) is 1. The van der Waals surface area contributed by atoms with E-state index in [1.165, 1.54) is 4.88 Å². The van der Waals surface area contributed by atoms with Crippen LogP contribution in [0.5, 0.6) is 0 Å². The molecule has 3 heteroatoms. The van der Waals surface area contributed by atoms with Crippen molar-refractivity contribution in [1.29, 1.82) is 0 Å². The summed E-state index contributed by atoms with van der Waals surface area (Å²) in [6.45, 7) is 6.36. The molecule has 0 spiro atoms. The van der Waals surface area contributed by atoms with Crippen molar-refractivity contribution < 1.29 is 4.74 Å². The highest BCUT2D eigenvalue weighted by molar-refractivity contribution is 7.10. The van der Waals surface area contributed by atoms with Crippen molar-refractivity contribution in [2.45, 2.75) is 38.4 Å². The predicted molar refractivity (Wildman–Crippen MR) is 64.3 cm³/mol. The molecule has 1 aromatic rings. The molecule has 1 aliphatic rings. The van der Waals surface area contributed by atoms with Gasteiger partial charge in [0.05, 0.1) is 5.60 Å². The first-order chi connectivity index (χ1) is 7.29. The lowest BCUT2D eigenvalue weighted by Crippen LogP contribution is -2.50. The Labute approximate surface area is 95.6 Å². The Morgan fingerprint density at radius 2 is 2.33 bits per heavy atom. The van der Waals surface area contributed by atoms with Gasteiger partial charge < -0.3 is 10.1 Å². The van der Waals surface area contributed by atoms with Crippen LogP contribution >= 0.6 is 11.3 Å². The van der Waals surface area contributed by atoms with E-state index in [1.54, 1.807) is 11.3 Å². The van der Waals surface area contributed by atoms with Crippen molar-refractivity contribution >= 4 is 11.3 Å². The monoisotopic (exact) mass is 225 g/mol. The molecule has 15 heavy (non-hydrogen) atoms. The fraction of sp³-hybridized carbons (Fsp3) is 0.667. The number of thiophene rings is 1. The van der Waals surface area contributed by atoms with Crippen molar-refractivity contribution in [3.63, 3.8) is 0 Å². The van der Waals surface area contributed by atoms with Crippen molar-refractivity contribution in [3.05, 3.63) is 22.4 Å². The maximum Gasteiger partial charge on any atom is 0.105 e. The molecule has 0 aliphatic carbocycles. The van der Waals surface area contributed by atoms with Crippen LogP contribution in [0.3, 0.4) is 0 Å². The van der Waals surface area contributed by atoms with E-state index in [9.17, 15) is 0 Å². The molecule has 2 nitrogen and oxygen atoms in total. The summed E-state index contributed by atoms with van der Waals surface area (Å²) in [7, 11) is 0. The summed E-state index contributed by atoms with van der Waals surface area (Å²) in [4.78, 5) is 1.34. The van der Waals surface area contributed by atoms with Crippen LogP contribution in [0.1, 0.15) is 37.7 Å². The Morgan fingerprint density at radius 1 is 1.53 bits per heavy atom.